The van der Waals surface area contributed by atoms with Crippen LogP contribution in [0.2, 0.25) is 0 Å². The molecule has 0 aromatic heterocycles. The Kier molecular flexibility index (Phi) is 6.87. The van der Waals surface area contributed by atoms with Gasteiger partial charge in [0.15, 0.2) is 0 Å². The Morgan fingerprint density at radius 3 is 2.29 bits per heavy atom. The molecule has 0 radical (unpaired) electrons. The number of amides is 1. The first-order chi connectivity index (χ1) is 17.1. The molecule has 180 valence electrons. The predicted molar refractivity (Wildman–Crippen MR) is 137 cm³/mol. The molecule has 35 heavy (non-hydrogen) atoms. The number of carbonyl (C=O) groups excluding carboxylic acids is 1. The first kappa shape index (κ1) is 23.2. The number of nitrogens with zero attached hydrogens (tertiary/aromatic N) is 3. The molecule has 0 atom stereocenters. The Labute approximate surface area is 208 Å². The third-order valence-electron chi connectivity index (χ3n) is 6.16. The Hall–Kier alpha value is -3.56. The standard InChI is InChI=1S/C26H26N4O4S/c31-26(20-18-19(30(32)33)10-11-21(20)28-14-16-34-17-15-28)27-12-5-13-29-22-6-1-3-8-24(22)35-25-9-4-2-7-23(25)29/h1-4,6-11,18H,5,12-17H2,(H,27,31). The number of para-hydroxylation sites is 2. The molecule has 1 saturated heterocycles. The third-order valence-corrected chi connectivity index (χ3v) is 7.29. The lowest BCUT2D eigenvalue weighted by Gasteiger charge is -2.32. The average Bonchev–Trinajstić information content (AvgIpc) is 2.90. The van der Waals surface area contributed by atoms with Crippen LogP contribution < -0.4 is 15.1 Å². The minimum atomic E-state index is -0.469. The summed E-state index contributed by atoms with van der Waals surface area (Å²) in [7, 11) is 0. The van der Waals surface area contributed by atoms with E-state index in [0.717, 1.165) is 24.3 Å². The van der Waals surface area contributed by atoms with Crippen LogP contribution >= 0.6 is 11.8 Å². The van der Waals surface area contributed by atoms with Gasteiger partial charge in [0.05, 0.1) is 40.8 Å². The van der Waals surface area contributed by atoms with Crippen LogP contribution in [0.5, 0.6) is 0 Å². The fraction of sp³-hybridized carbons (Fsp3) is 0.269. The van der Waals surface area contributed by atoms with Crippen LogP contribution in [0.15, 0.2) is 76.5 Å². The second-order valence-corrected chi connectivity index (χ2v) is 9.44. The van der Waals surface area contributed by atoms with E-state index in [2.05, 4.69) is 34.5 Å². The van der Waals surface area contributed by atoms with Crippen LogP contribution in [0.3, 0.4) is 0 Å². The van der Waals surface area contributed by atoms with Crippen LogP contribution in [0, 0.1) is 10.1 Å². The number of nitro groups is 1. The second-order valence-electron chi connectivity index (χ2n) is 8.36. The van der Waals surface area contributed by atoms with Gasteiger partial charge in [-0.05, 0) is 36.8 Å². The van der Waals surface area contributed by atoms with E-state index in [-0.39, 0.29) is 11.6 Å². The summed E-state index contributed by atoms with van der Waals surface area (Å²) in [5.74, 6) is -0.301. The Balaban J connectivity index is 1.28. The summed E-state index contributed by atoms with van der Waals surface area (Å²) < 4.78 is 5.41. The largest absolute Gasteiger partial charge is 0.378 e. The molecule has 2 aliphatic rings. The van der Waals surface area contributed by atoms with E-state index in [1.807, 2.05) is 29.2 Å². The quantitative estimate of drug-likeness (QED) is 0.288. The summed E-state index contributed by atoms with van der Waals surface area (Å²) in [5.41, 5.74) is 3.26. The average molecular weight is 491 g/mol. The first-order valence-electron chi connectivity index (χ1n) is 11.6. The number of ether oxygens (including phenoxy) is 1. The van der Waals surface area contributed by atoms with E-state index >= 15 is 0 Å². The molecule has 0 bridgehead atoms. The summed E-state index contributed by atoms with van der Waals surface area (Å²) >= 11 is 1.77. The highest BCUT2D eigenvalue weighted by Crippen LogP contribution is 2.47. The summed E-state index contributed by atoms with van der Waals surface area (Å²) in [5, 5.41) is 14.3. The van der Waals surface area contributed by atoms with Crippen molar-refractivity contribution in [1.29, 1.82) is 0 Å². The summed E-state index contributed by atoms with van der Waals surface area (Å²) in [6, 6.07) is 21.1. The number of nitrogens with one attached hydrogen (secondary N) is 1. The third kappa shape index (κ3) is 4.96. The summed E-state index contributed by atoms with van der Waals surface area (Å²) in [6.45, 7) is 3.61. The highest BCUT2D eigenvalue weighted by molar-refractivity contribution is 7.99. The van der Waals surface area contributed by atoms with Gasteiger partial charge in [-0.3, -0.25) is 14.9 Å². The van der Waals surface area contributed by atoms with Crippen LogP contribution in [-0.2, 0) is 4.74 Å². The van der Waals surface area contributed by atoms with E-state index in [1.165, 1.54) is 21.9 Å². The number of non-ortho nitro benzene ring substituents is 1. The molecule has 0 saturated carbocycles. The molecule has 9 heteroatoms. The SMILES string of the molecule is O=C(NCCCN1c2ccccc2Sc2ccccc21)c1cc([N+](=O)[O-])ccc1N1CCOCC1. The summed E-state index contributed by atoms with van der Waals surface area (Å²) in [6.07, 6.45) is 0.723. The second kappa shape index (κ2) is 10.4. The van der Waals surface area contributed by atoms with Gasteiger partial charge < -0.3 is 19.9 Å². The zero-order chi connectivity index (χ0) is 24.2. The topological polar surface area (TPSA) is 88.0 Å². The maximum Gasteiger partial charge on any atom is 0.270 e. The number of benzene rings is 3. The Bertz CT molecular complexity index is 1200. The van der Waals surface area contributed by atoms with Crippen molar-refractivity contribution < 1.29 is 14.5 Å². The highest BCUT2D eigenvalue weighted by atomic mass is 32.2. The number of fused-ring (bicyclic) bond motifs is 2. The van der Waals surface area contributed by atoms with Crippen molar-refractivity contribution in [3.05, 3.63) is 82.4 Å². The number of morpholine rings is 1. The molecule has 2 aliphatic heterocycles. The van der Waals surface area contributed by atoms with E-state index in [0.29, 0.717) is 44.1 Å². The smallest absolute Gasteiger partial charge is 0.270 e. The number of nitro benzene ring substituents is 1. The molecule has 0 spiro atoms. The van der Waals surface area contributed by atoms with Crippen molar-refractivity contribution in [2.45, 2.75) is 16.2 Å². The van der Waals surface area contributed by atoms with Gasteiger partial charge in [-0.1, -0.05) is 36.0 Å². The normalized spacial score (nSPS) is 14.7. The highest BCUT2D eigenvalue weighted by Gasteiger charge is 2.24. The van der Waals surface area contributed by atoms with Gasteiger partial charge in [-0.25, -0.2) is 0 Å². The molecule has 0 unspecified atom stereocenters. The molecule has 5 rings (SSSR count). The van der Waals surface area contributed by atoms with Crippen molar-refractivity contribution in [2.75, 3.05) is 49.2 Å². The molecule has 1 fully saturated rings. The van der Waals surface area contributed by atoms with E-state index < -0.39 is 4.92 Å². The van der Waals surface area contributed by atoms with Crippen molar-refractivity contribution in [1.82, 2.24) is 5.32 Å². The molecule has 8 nitrogen and oxygen atoms in total. The number of carbonyl (C=O) groups is 1. The van der Waals surface area contributed by atoms with Gasteiger partial charge in [0.1, 0.15) is 0 Å². The van der Waals surface area contributed by atoms with E-state index in [4.69, 9.17) is 4.74 Å². The van der Waals surface area contributed by atoms with Crippen LogP contribution in [-0.4, -0.2) is 50.2 Å². The number of anilines is 3. The van der Waals surface area contributed by atoms with Crippen molar-refractivity contribution in [3.8, 4) is 0 Å². The Morgan fingerprint density at radius 2 is 1.63 bits per heavy atom. The van der Waals surface area contributed by atoms with Gasteiger partial charge in [0.25, 0.3) is 11.6 Å². The minimum absolute atomic E-state index is 0.0915. The van der Waals surface area contributed by atoms with Crippen LogP contribution in [0.4, 0.5) is 22.7 Å². The summed E-state index contributed by atoms with van der Waals surface area (Å²) in [4.78, 5) is 30.7. The first-order valence-corrected chi connectivity index (χ1v) is 12.5. The van der Waals surface area contributed by atoms with Crippen molar-refractivity contribution >= 4 is 40.4 Å². The molecule has 2 heterocycles. The van der Waals surface area contributed by atoms with Crippen LogP contribution in [0.25, 0.3) is 0 Å². The minimum Gasteiger partial charge on any atom is -0.378 e. The molecule has 1 amide bonds. The molecule has 1 N–H and O–H groups in total. The van der Waals surface area contributed by atoms with E-state index in [9.17, 15) is 14.9 Å². The number of hydrogen-bond donors (Lipinski definition) is 1. The Morgan fingerprint density at radius 1 is 0.971 bits per heavy atom. The molecule has 3 aromatic carbocycles. The van der Waals surface area contributed by atoms with Gasteiger partial charge >= 0.3 is 0 Å². The zero-order valence-electron chi connectivity index (χ0n) is 19.2. The van der Waals surface area contributed by atoms with Gasteiger partial charge in [-0.2, -0.15) is 0 Å². The molecular formula is C26H26N4O4S. The maximum atomic E-state index is 13.1. The number of hydrogen-bond acceptors (Lipinski definition) is 7. The number of rotatable bonds is 7. The van der Waals surface area contributed by atoms with Crippen molar-refractivity contribution in [3.63, 3.8) is 0 Å². The lowest BCUT2D eigenvalue weighted by atomic mass is 10.1. The monoisotopic (exact) mass is 490 g/mol. The van der Waals surface area contributed by atoms with Gasteiger partial charge in [-0.15, -0.1) is 0 Å². The fourth-order valence-electron chi connectivity index (χ4n) is 4.46. The maximum absolute atomic E-state index is 13.1. The predicted octanol–water partition coefficient (Wildman–Crippen LogP) is 4.85. The molecular weight excluding hydrogens is 464 g/mol. The van der Waals surface area contributed by atoms with Crippen LogP contribution in [0.1, 0.15) is 16.8 Å². The van der Waals surface area contributed by atoms with E-state index in [1.54, 1.807) is 17.8 Å². The molecule has 3 aromatic rings. The lowest BCUT2D eigenvalue weighted by Crippen LogP contribution is -2.38. The van der Waals surface area contributed by atoms with Gasteiger partial charge in [0, 0.05) is 48.1 Å². The fourth-order valence-corrected chi connectivity index (χ4v) is 5.55. The van der Waals surface area contributed by atoms with Crippen molar-refractivity contribution in [2.24, 2.45) is 0 Å². The van der Waals surface area contributed by atoms with Gasteiger partial charge in [0.2, 0.25) is 0 Å². The molecule has 0 aliphatic carbocycles. The lowest BCUT2D eigenvalue weighted by molar-refractivity contribution is -0.384. The zero-order valence-corrected chi connectivity index (χ0v) is 20.0.